The zero-order valence-corrected chi connectivity index (χ0v) is 11.5. The van der Waals surface area contributed by atoms with Crippen LogP contribution in [0.25, 0.3) is 0 Å². The number of para-hydroxylation sites is 2. The minimum Gasteiger partial charge on any atom is -0.506 e. The summed E-state index contributed by atoms with van der Waals surface area (Å²) in [6.07, 6.45) is 3.17. The summed E-state index contributed by atoms with van der Waals surface area (Å²) in [5, 5.41) is 15.8. The molecule has 2 fully saturated rings. The molecule has 1 saturated heterocycles. The monoisotopic (exact) mass is 282 g/mol. The number of carbonyl (C=O) groups excluding carboxylic acids is 1. The Balaban J connectivity index is 0.00000133. The highest BCUT2D eigenvalue weighted by atomic mass is 35.5. The van der Waals surface area contributed by atoms with Gasteiger partial charge in [0, 0.05) is 5.92 Å². The van der Waals surface area contributed by atoms with Crippen molar-refractivity contribution in [2.45, 2.75) is 19.3 Å². The van der Waals surface area contributed by atoms with Gasteiger partial charge in [-0.3, -0.25) is 4.79 Å². The van der Waals surface area contributed by atoms with E-state index in [2.05, 4.69) is 10.6 Å². The van der Waals surface area contributed by atoms with Gasteiger partial charge in [0.2, 0.25) is 5.91 Å². The zero-order chi connectivity index (χ0) is 12.6. The summed E-state index contributed by atoms with van der Waals surface area (Å²) in [4.78, 5) is 12.2. The van der Waals surface area contributed by atoms with Crippen LogP contribution in [0.4, 0.5) is 5.69 Å². The molecule has 3 rings (SSSR count). The Morgan fingerprint density at radius 2 is 2.00 bits per heavy atom. The number of aromatic hydroxyl groups is 1. The third-order valence-corrected chi connectivity index (χ3v) is 4.27. The van der Waals surface area contributed by atoms with E-state index in [0.29, 0.717) is 5.69 Å². The van der Waals surface area contributed by atoms with Crippen LogP contribution in [0.2, 0.25) is 0 Å². The van der Waals surface area contributed by atoms with Crippen molar-refractivity contribution in [1.29, 1.82) is 0 Å². The smallest absolute Gasteiger partial charge is 0.228 e. The molecule has 19 heavy (non-hydrogen) atoms. The van der Waals surface area contributed by atoms with Gasteiger partial charge in [-0.05, 0) is 49.9 Å². The van der Waals surface area contributed by atoms with Gasteiger partial charge in [-0.25, -0.2) is 0 Å². The number of amides is 1. The Morgan fingerprint density at radius 3 is 2.68 bits per heavy atom. The van der Waals surface area contributed by atoms with Crippen LogP contribution in [-0.2, 0) is 4.79 Å². The van der Waals surface area contributed by atoms with E-state index in [0.717, 1.165) is 32.4 Å². The second-order valence-electron chi connectivity index (χ2n) is 5.38. The highest BCUT2D eigenvalue weighted by Crippen LogP contribution is 2.58. The molecule has 1 saturated carbocycles. The van der Waals surface area contributed by atoms with Gasteiger partial charge in [0.15, 0.2) is 0 Å². The second kappa shape index (κ2) is 5.39. The molecule has 1 heterocycles. The van der Waals surface area contributed by atoms with Crippen LogP contribution in [0.5, 0.6) is 5.75 Å². The van der Waals surface area contributed by atoms with E-state index in [4.69, 9.17) is 0 Å². The summed E-state index contributed by atoms with van der Waals surface area (Å²) < 4.78 is 0. The van der Waals surface area contributed by atoms with Crippen LogP contribution in [0, 0.1) is 11.3 Å². The molecule has 104 valence electrons. The lowest BCUT2D eigenvalue weighted by Crippen LogP contribution is -2.31. The molecule has 1 aliphatic heterocycles. The normalized spacial score (nSPS) is 23.5. The standard InChI is InChI=1S/C14H18N2O2.ClH/c17-12-4-2-1-3-11(12)16-13(18)10-9-14(10)5-7-15-8-6-14;/h1-4,10,15,17H,5-9H2,(H,16,18);1H. The summed E-state index contributed by atoms with van der Waals surface area (Å²) in [5.41, 5.74) is 0.748. The topological polar surface area (TPSA) is 61.4 Å². The lowest BCUT2D eigenvalue weighted by atomic mass is 9.92. The first-order chi connectivity index (χ1) is 8.71. The minimum atomic E-state index is 0. The van der Waals surface area contributed by atoms with Crippen LogP contribution in [0.1, 0.15) is 19.3 Å². The fourth-order valence-corrected chi connectivity index (χ4v) is 2.99. The molecule has 1 atom stereocenters. The van der Waals surface area contributed by atoms with E-state index in [1.807, 2.05) is 6.07 Å². The quantitative estimate of drug-likeness (QED) is 0.729. The van der Waals surface area contributed by atoms with Gasteiger partial charge in [-0.15, -0.1) is 12.4 Å². The first-order valence-electron chi connectivity index (χ1n) is 6.51. The van der Waals surface area contributed by atoms with E-state index in [1.54, 1.807) is 18.2 Å². The summed E-state index contributed by atoms with van der Waals surface area (Å²) in [6.45, 7) is 2.03. The number of anilines is 1. The summed E-state index contributed by atoms with van der Waals surface area (Å²) in [6, 6.07) is 6.87. The molecule has 4 nitrogen and oxygen atoms in total. The van der Waals surface area contributed by atoms with E-state index in [9.17, 15) is 9.90 Å². The van der Waals surface area contributed by atoms with Gasteiger partial charge in [0.1, 0.15) is 5.75 Å². The lowest BCUT2D eigenvalue weighted by molar-refractivity contribution is -0.118. The van der Waals surface area contributed by atoms with Crippen LogP contribution in [0.3, 0.4) is 0 Å². The van der Waals surface area contributed by atoms with Gasteiger partial charge >= 0.3 is 0 Å². The molecule has 1 aromatic rings. The molecule has 1 spiro atoms. The maximum absolute atomic E-state index is 12.2. The number of phenolic OH excluding ortho intramolecular Hbond substituents is 1. The first kappa shape index (κ1) is 14.2. The van der Waals surface area contributed by atoms with Crippen LogP contribution < -0.4 is 10.6 Å². The van der Waals surface area contributed by atoms with Crippen molar-refractivity contribution in [2.24, 2.45) is 11.3 Å². The van der Waals surface area contributed by atoms with Crippen LogP contribution in [-0.4, -0.2) is 24.1 Å². The van der Waals surface area contributed by atoms with Crippen LogP contribution in [0.15, 0.2) is 24.3 Å². The Morgan fingerprint density at radius 1 is 1.32 bits per heavy atom. The molecule has 0 radical (unpaired) electrons. The predicted octanol–water partition coefficient (Wildman–Crippen LogP) is 2.14. The second-order valence-corrected chi connectivity index (χ2v) is 5.38. The molecule has 0 aromatic heterocycles. The average Bonchev–Trinajstić information content (AvgIpc) is 3.07. The fraction of sp³-hybridized carbons (Fsp3) is 0.500. The third-order valence-electron chi connectivity index (χ3n) is 4.27. The molecule has 1 aromatic carbocycles. The molecule has 0 bridgehead atoms. The van der Waals surface area contributed by atoms with E-state index in [1.165, 1.54) is 0 Å². The maximum Gasteiger partial charge on any atom is 0.228 e. The van der Waals surface area contributed by atoms with Gasteiger partial charge in [-0.2, -0.15) is 0 Å². The van der Waals surface area contributed by atoms with Crippen LogP contribution >= 0.6 is 12.4 Å². The third kappa shape index (κ3) is 2.69. The molecule has 5 heteroatoms. The molecule has 1 aliphatic carbocycles. The van der Waals surface area contributed by atoms with Gasteiger partial charge in [-0.1, -0.05) is 12.1 Å². The molecular formula is C14H19ClN2O2. The van der Waals surface area contributed by atoms with E-state index >= 15 is 0 Å². The van der Waals surface area contributed by atoms with Crippen molar-refractivity contribution in [3.05, 3.63) is 24.3 Å². The van der Waals surface area contributed by atoms with E-state index in [-0.39, 0.29) is 35.4 Å². The summed E-state index contributed by atoms with van der Waals surface area (Å²) in [5.74, 6) is 0.309. The lowest BCUT2D eigenvalue weighted by Gasteiger charge is -2.23. The number of piperidine rings is 1. The summed E-state index contributed by atoms with van der Waals surface area (Å²) in [7, 11) is 0. The van der Waals surface area contributed by atoms with E-state index < -0.39 is 0 Å². The van der Waals surface area contributed by atoms with Crippen molar-refractivity contribution in [1.82, 2.24) is 5.32 Å². The average molecular weight is 283 g/mol. The Kier molecular flexibility index (Phi) is 4.02. The van der Waals surface area contributed by atoms with Crippen molar-refractivity contribution in [2.75, 3.05) is 18.4 Å². The predicted molar refractivity (Wildman–Crippen MR) is 76.6 cm³/mol. The van der Waals surface area contributed by atoms with Crippen molar-refractivity contribution >= 4 is 24.0 Å². The number of phenols is 1. The number of rotatable bonds is 2. The number of hydrogen-bond donors (Lipinski definition) is 3. The van der Waals surface area contributed by atoms with Crippen molar-refractivity contribution < 1.29 is 9.90 Å². The maximum atomic E-state index is 12.2. The number of hydrogen-bond acceptors (Lipinski definition) is 3. The fourth-order valence-electron chi connectivity index (χ4n) is 2.99. The minimum absolute atomic E-state index is 0. The van der Waals surface area contributed by atoms with Crippen molar-refractivity contribution in [3.63, 3.8) is 0 Å². The number of halogens is 1. The van der Waals surface area contributed by atoms with Gasteiger partial charge < -0.3 is 15.7 Å². The number of carbonyl (C=O) groups is 1. The Bertz CT molecular complexity index is 472. The molecule has 1 amide bonds. The molecule has 1 unspecified atom stereocenters. The number of benzene rings is 1. The summed E-state index contributed by atoms with van der Waals surface area (Å²) >= 11 is 0. The molecular weight excluding hydrogens is 264 g/mol. The highest BCUT2D eigenvalue weighted by molar-refractivity contribution is 5.96. The Labute approximate surface area is 119 Å². The van der Waals surface area contributed by atoms with Gasteiger partial charge in [0.05, 0.1) is 5.69 Å². The zero-order valence-electron chi connectivity index (χ0n) is 10.7. The molecule has 2 aliphatic rings. The SMILES string of the molecule is Cl.O=C(Nc1ccccc1O)C1CC12CCNCC2. The Hall–Kier alpha value is -1.26. The first-order valence-corrected chi connectivity index (χ1v) is 6.51. The largest absolute Gasteiger partial charge is 0.506 e. The number of nitrogens with one attached hydrogen (secondary N) is 2. The highest BCUT2D eigenvalue weighted by Gasteiger charge is 2.57. The van der Waals surface area contributed by atoms with Crippen molar-refractivity contribution in [3.8, 4) is 5.75 Å². The molecule has 3 N–H and O–H groups in total. The van der Waals surface area contributed by atoms with Gasteiger partial charge in [0.25, 0.3) is 0 Å².